The second-order valence-corrected chi connectivity index (χ2v) is 5.67. The minimum atomic E-state index is -0.494. The zero-order valence-corrected chi connectivity index (χ0v) is 13.3. The molecule has 1 aromatic heterocycles. The lowest BCUT2D eigenvalue weighted by Gasteiger charge is -2.10. The minimum Gasteiger partial charge on any atom is -0.497 e. The predicted molar refractivity (Wildman–Crippen MR) is 92.6 cm³/mol. The van der Waals surface area contributed by atoms with Crippen LogP contribution in [0.4, 0.5) is 0 Å². The number of nitrogens with two attached hydrogens (primary N) is 1. The fourth-order valence-corrected chi connectivity index (χ4v) is 2.78. The number of ether oxygens (including phenoxy) is 1. The highest BCUT2D eigenvalue weighted by molar-refractivity contribution is 5.92. The quantitative estimate of drug-likeness (QED) is 0.760. The lowest BCUT2D eigenvalue weighted by atomic mass is 9.98. The van der Waals surface area contributed by atoms with E-state index in [-0.39, 0.29) is 5.78 Å². The highest BCUT2D eigenvalue weighted by Crippen LogP contribution is 2.32. The number of methoxy groups -OCH3 is 1. The van der Waals surface area contributed by atoms with E-state index in [1.807, 2.05) is 42.5 Å². The van der Waals surface area contributed by atoms with E-state index in [4.69, 9.17) is 10.5 Å². The van der Waals surface area contributed by atoms with Crippen LogP contribution >= 0.6 is 0 Å². The molecular weight excluding hydrogens is 288 g/mol. The number of aromatic nitrogens is 1. The molecule has 3 rings (SSSR count). The van der Waals surface area contributed by atoms with Gasteiger partial charge in [0.05, 0.1) is 13.2 Å². The van der Waals surface area contributed by atoms with Gasteiger partial charge < -0.3 is 15.5 Å². The van der Waals surface area contributed by atoms with Crippen LogP contribution in [0.25, 0.3) is 22.2 Å². The van der Waals surface area contributed by atoms with E-state index in [2.05, 4.69) is 11.1 Å². The van der Waals surface area contributed by atoms with Crippen LogP contribution in [0.3, 0.4) is 0 Å². The Balaban J connectivity index is 2.12. The first-order valence-corrected chi connectivity index (χ1v) is 7.60. The number of benzene rings is 2. The number of H-pyrrole nitrogens is 1. The summed E-state index contributed by atoms with van der Waals surface area (Å²) in [6, 6.07) is 15.4. The van der Waals surface area contributed by atoms with E-state index in [1.165, 1.54) is 6.92 Å². The number of carbonyl (C=O) groups excluding carboxylic acids is 1. The third-order valence-electron chi connectivity index (χ3n) is 4.14. The molecule has 0 spiro atoms. The number of Topliss-reactive ketones (excluding diaryl/α,β-unsaturated/α-hetero) is 1. The van der Waals surface area contributed by atoms with Gasteiger partial charge in [0, 0.05) is 16.6 Å². The number of carbonyl (C=O) groups is 1. The van der Waals surface area contributed by atoms with E-state index < -0.39 is 6.04 Å². The zero-order chi connectivity index (χ0) is 16.4. The third kappa shape index (κ3) is 2.98. The Morgan fingerprint density at radius 2 is 1.87 bits per heavy atom. The van der Waals surface area contributed by atoms with Gasteiger partial charge in [-0.15, -0.1) is 0 Å². The van der Waals surface area contributed by atoms with Crippen LogP contribution in [0, 0.1) is 0 Å². The van der Waals surface area contributed by atoms with E-state index in [1.54, 1.807) is 7.11 Å². The van der Waals surface area contributed by atoms with Crippen molar-refractivity contribution in [2.24, 2.45) is 5.73 Å². The van der Waals surface area contributed by atoms with Crippen molar-refractivity contribution in [3.8, 4) is 17.0 Å². The Labute approximate surface area is 135 Å². The Hall–Kier alpha value is -2.59. The van der Waals surface area contributed by atoms with Gasteiger partial charge in [0.25, 0.3) is 0 Å². The van der Waals surface area contributed by atoms with Gasteiger partial charge in [0.1, 0.15) is 11.5 Å². The van der Waals surface area contributed by atoms with Crippen LogP contribution < -0.4 is 10.5 Å². The largest absolute Gasteiger partial charge is 0.497 e. The molecule has 2 aromatic carbocycles. The summed E-state index contributed by atoms with van der Waals surface area (Å²) in [5, 5.41) is 1.11. The summed E-state index contributed by atoms with van der Waals surface area (Å²) in [6.07, 6.45) is 0.515. The average molecular weight is 308 g/mol. The smallest absolute Gasteiger partial charge is 0.146 e. The highest BCUT2D eigenvalue weighted by atomic mass is 16.5. The second-order valence-electron chi connectivity index (χ2n) is 5.67. The molecule has 4 heteroatoms. The van der Waals surface area contributed by atoms with Crippen molar-refractivity contribution in [1.82, 2.24) is 4.98 Å². The van der Waals surface area contributed by atoms with Crippen LogP contribution in [-0.2, 0) is 11.2 Å². The lowest BCUT2D eigenvalue weighted by molar-refractivity contribution is -0.118. The van der Waals surface area contributed by atoms with E-state index in [0.29, 0.717) is 6.42 Å². The zero-order valence-electron chi connectivity index (χ0n) is 13.3. The molecule has 23 heavy (non-hydrogen) atoms. The normalized spacial score (nSPS) is 12.3. The number of hydrogen-bond acceptors (Lipinski definition) is 3. The van der Waals surface area contributed by atoms with Gasteiger partial charge in [-0.3, -0.25) is 4.79 Å². The Kier molecular flexibility index (Phi) is 4.17. The van der Waals surface area contributed by atoms with Crippen molar-refractivity contribution in [3.63, 3.8) is 0 Å². The van der Waals surface area contributed by atoms with Crippen LogP contribution in [0.2, 0.25) is 0 Å². The maximum atomic E-state index is 11.6. The molecule has 4 nitrogen and oxygen atoms in total. The molecular formula is C19H20N2O2. The molecule has 0 bridgehead atoms. The fraction of sp³-hybridized carbons (Fsp3) is 0.211. The number of aromatic amines is 1. The molecule has 0 unspecified atom stereocenters. The molecule has 0 fully saturated rings. The monoisotopic (exact) mass is 308 g/mol. The van der Waals surface area contributed by atoms with Gasteiger partial charge in [-0.05, 0) is 54.8 Å². The van der Waals surface area contributed by atoms with Crippen molar-refractivity contribution in [2.75, 3.05) is 7.11 Å². The van der Waals surface area contributed by atoms with Crippen LogP contribution in [0.15, 0.2) is 48.5 Å². The molecule has 0 amide bonds. The molecule has 118 valence electrons. The maximum absolute atomic E-state index is 11.6. The number of hydrogen-bond donors (Lipinski definition) is 2. The first kappa shape index (κ1) is 15.3. The number of nitrogens with one attached hydrogen (secondary N) is 1. The van der Waals surface area contributed by atoms with E-state index >= 15 is 0 Å². The van der Waals surface area contributed by atoms with Crippen molar-refractivity contribution < 1.29 is 9.53 Å². The van der Waals surface area contributed by atoms with E-state index in [0.717, 1.165) is 33.5 Å². The number of rotatable bonds is 5. The summed E-state index contributed by atoms with van der Waals surface area (Å²) >= 11 is 0. The topological polar surface area (TPSA) is 68.1 Å². The molecule has 0 aliphatic heterocycles. The van der Waals surface area contributed by atoms with Gasteiger partial charge in [-0.1, -0.05) is 18.2 Å². The van der Waals surface area contributed by atoms with Gasteiger partial charge in [0.15, 0.2) is 0 Å². The Bertz CT molecular complexity index is 834. The summed E-state index contributed by atoms with van der Waals surface area (Å²) < 4.78 is 5.22. The summed E-state index contributed by atoms with van der Waals surface area (Å²) in [5.74, 6) is 0.808. The molecule has 1 heterocycles. The molecule has 0 aliphatic carbocycles. The van der Waals surface area contributed by atoms with Gasteiger partial charge in [-0.25, -0.2) is 0 Å². The number of para-hydroxylation sites is 1. The molecule has 0 saturated heterocycles. The third-order valence-corrected chi connectivity index (χ3v) is 4.14. The maximum Gasteiger partial charge on any atom is 0.146 e. The first-order chi connectivity index (χ1) is 11.1. The fourth-order valence-electron chi connectivity index (χ4n) is 2.78. The molecule has 0 aliphatic rings. The second kappa shape index (κ2) is 6.26. The lowest BCUT2D eigenvalue weighted by Crippen LogP contribution is -2.30. The molecule has 0 radical (unpaired) electrons. The van der Waals surface area contributed by atoms with Gasteiger partial charge in [0.2, 0.25) is 0 Å². The van der Waals surface area contributed by atoms with Crippen molar-refractivity contribution in [3.05, 3.63) is 54.1 Å². The Morgan fingerprint density at radius 1 is 1.17 bits per heavy atom. The van der Waals surface area contributed by atoms with Crippen LogP contribution in [-0.4, -0.2) is 23.9 Å². The SMILES string of the molecule is COc1ccc(-c2[nH]c3ccccc3c2C[C@H](N)C(C)=O)cc1. The molecule has 0 saturated carbocycles. The number of ketones is 1. The average Bonchev–Trinajstić information content (AvgIpc) is 2.93. The van der Waals surface area contributed by atoms with Gasteiger partial charge >= 0.3 is 0 Å². The molecule has 3 aromatic rings. The van der Waals surface area contributed by atoms with Gasteiger partial charge in [-0.2, -0.15) is 0 Å². The highest BCUT2D eigenvalue weighted by Gasteiger charge is 2.18. The summed E-state index contributed by atoms with van der Waals surface area (Å²) in [6.45, 7) is 1.53. The Morgan fingerprint density at radius 3 is 2.52 bits per heavy atom. The first-order valence-electron chi connectivity index (χ1n) is 7.60. The molecule has 1 atom stereocenters. The predicted octanol–water partition coefficient (Wildman–Crippen LogP) is 3.30. The summed E-state index contributed by atoms with van der Waals surface area (Å²) in [5.41, 5.74) is 10.2. The van der Waals surface area contributed by atoms with Crippen LogP contribution in [0.5, 0.6) is 5.75 Å². The minimum absolute atomic E-state index is 0.00374. The number of fused-ring (bicyclic) bond motifs is 1. The van der Waals surface area contributed by atoms with E-state index in [9.17, 15) is 4.79 Å². The standard InChI is InChI=1S/C19H20N2O2/c1-12(22)17(20)11-16-15-5-3-4-6-18(15)21-19(16)13-7-9-14(23-2)10-8-13/h3-10,17,21H,11,20H2,1-2H3/t17-/m0/s1. The molecule has 3 N–H and O–H groups in total. The van der Waals surface area contributed by atoms with Crippen molar-refractivity contribution in [2.45, 2.75) is 19.4 Å². The summed E-state index contributed by atoms with van der Waals surface area (Å²) in [7, 11) is 1.65. The van der Waals surface area contributed by atoms with Crippen LogP contribution in [0.1, 0.15) is 12.5 Å². The summed E-state index contributed by atoms with van der Waals surface area (Å²) in [4.78, 5) is 15.0. The van der Waals surface area contributed by atoms with Crippen molar-refractivity contribution in [1.29, 1.82) is 0 Å². The van der Waals surface area contributed by atoms with Crippen molar-refractivity contribution >= 4 is 16.7 Å².